The molecular weight excluding hydrogens is 234 g/mol. The summed E-state index contributed by atoms with van der Waals surface area (Å²) in [7, 11) is 2.09. The summed E-state index contributed by atoms with van der Waals surface area (Å²) in [5.74, 6) is 0. The van der Waals surface area contributed by atoms with Crippen molar-refractivity contribution in [2.24, 2.45) is 0 Å². The van der Waals surface area contributed by atoms with E-state index in [9.17, 15) is 5.11 Å². The summed E-state index contributed by atoms with van der Waals surface area (Å²) in [6.07, 6.45) is 6.26. The van der Waals surface area contributed by atoms with E-state index in [0.717, 1.165) is 13.0 Å². The van der Waals surface area contributed by atoms with Crippen LogP contribution in [0, 0.1) is 0 Å². The van der Waals surface area contributed by atoms with Crippen LogP contribution in [0.3, 0.4) is 0 Å². The molecule has 1 aromatic rings. The quantitative estimate of drug-likeness (QED) is 0.881. The summed E-state index contributed by atoms with van der Waals surface area (Å²) < 4.78 is 0. The first-order chi connectivity index (χ1) is 9.03. The van der Waals surface area contributed by atoms with E-state index >= 15 is 0 Å². The lowest BCUT2D eigenvalue weighted by Crippen LogP contribution is -2.45. The van der Waals surface area contributed by atoms with Gasteiger partial charge in [-0.3, -0.25) is 4.90 Å². The third-order valence-electron chi connectivity index (χ3n) is 4.57. The van der Waals surface area contributed by atoms with Crippen LogP contribution in [-0.2, 0) is 19.3 Å². The molecule has 0 fully saturated rings. The number of nitrogens with zero attached hydrogens (tertiary/aromatic N) is 1. The molecule has 0 heterocycles. The number of aryl methyl sites for hydroxylation is 2. The molecule has 0 unspecified atom stereocenters. The molecule has 1 aliphatic rings. The number of benzene rings is 1. The van der Waals surface area contributed by atoms with Gasteiger partial charge in [-0.25, -0.2) is 0 Å². The molecule has 0 radical (unpaired) electrons. The average Bonchev–Trinajstić information content (AvgIpc) is 2.44. The van der Waals surface area contributed by atoms with Crippen LogP contribution in [0.5, 0.6) is 0 Å². The third-order valence-corrected chi connectivity index (χ3v) is 4.57. The molecule has 0 amide bonds. The van der Waals surface area contributed by atoms with Gasteiger partial charge in [0.05, 0.1) is 6.61 Å². The number of aliphatic hydroxyl groups excluding tert-OH is 1. The van der Waals surface area contributed by atoms with E-state index in [2.05, 4.69) is 44.0 Å². The molecule has 0 bridgehead atoms. The molecule has 0 spiro atoms. The lowest BCUT2D eigenvalue weighted by molar-refractivity contribution is 0.0801. The summed E-state index contributed by atoms with van der Waals surface area (Å²) in [6, 6.07) is 7.00. The molecule has 2 nitrogen and oxygen atoms in total. The fraction of sp³-hybridized carbons (Fsp3) is 0.647. The van der Waals surface area contributed by atoms with Crippen molar-refractivity contribution in [1.82, 2.24) is 4.90 Å². The summed E-state index contributed by atoms with van der Waals surface area (Å²) in [5, 5.41) is 9.38. The lowest BCUT2D eigenvalue weighted by Gasteiger charge is -2.34. The molecule has 0 aromatic heterocycles. The maximum Gasteiger partial charge on any atom is 0.0609 e. The number of likely N-dealkylation sites (N-methyl/N-ethyl adjacent to an activating group) is 1. The van der Waals surface area contributed by atoms with Crippen molar-refractivity contribution in [3.63, 3.8) is 0 Å². The molecule has 0 saturated heterocycles. The summed E-state index contributed by atoms with van der Waals surface area (Å²) in [5.41, 5.74) is 4.42. The molecule has 2 heteroatoms. The van der Waals surface area contributed by atoms with Crippen LogP contribution in [0.1, 0.15) is 43.4 Å². The highest BCUT2D eigenvalue weighted by Crippen LogP contribution is 2.22. The van der Waals surface area contributed by atoms with Gasteiger partial charge in [0, 0.05) is 12.1 Å². The van der Waals surface area contributed by atoms with Gasteiger partial charge < -0.3 is 5.11 Å². The van der Waals surface area contributed by atoms with Crippen molar-refractivity contribution < 1.29 is 5.11 Å². The largest absolute Gasteiger partial charge is 0.394 e. The smallest absolute Gasteiger partial charge is 0.0609 e. The zero-order chi connectivity index (χ0) is 13.9. The van der Waals surface area contributed by atoms with E-state index < -0.39 is 0 Å². The molecule has 106 valence electrons. The number of rotatable bonds is 5. The highest BCUT2D eigenvalue weighted by Gasteiger charge is 2.21. The van der Waals surface area contributed by atoms with Gasteiger partial charge in [0.1, 0.15) is 0 Å². The van der Waals surface area contributed by atoms with Gasteiger partial charge in [0.25, 0.3) is 0 Å². The Morgan fingerprint density at radius 2 is 1.84 bits per heavy atom. The molecule has 0 saturated carbocycles. The van der Waals surface area contributed by atoms with Crippen LogP contribution in [0.15, 0.2) is 18.2 Å². The predicted molar refractivity (Wildman–Crippen MR) is 80.6 cm³/mol. The fourth-order valence-electron chi connectivity index (χ4n) is 2.66. The first kappa shape index (κ1) is 14.5. The molecule has 1 aromatic carbocycles. The number of aliphatic hydroxyl groups is 1. The Bertz CT molecular complexity index is 425. The van der Waals surface area contributed by atoms with Crippen LogP contribution in [0.2, 0.25) is 0 Å². The fourth-order valence-corrected chi connectivity index (χ4v) is 2.66. The minimum Gasteiger partial charge on any atom is -0.394 e. The van der Waals surface area contributed by atoms with E-state index in [0.29, 0.717) is 0 Å². The van der Waals surface area contributed by atoms with Gasteiger partial charge in [-0.05, 0) is 69.7 Å². The van der Waals surface area contributed by atoms with Crippen LogP contribution >= 0.6 is 0 Å². The summed E-state index contributed by atoms with van der Waals surface area (Å²) >= 11 is 0. The Morgan fingerprint density at radius 3 is 2.53 bits per heavy atom. The van der Waals surface area contributed by atoms with Gasteiger partial charge in [0.15, 0.2) is 0 Å². The normalized spacial score (nSPS) is 15.6. The maximum absolute atomic E-state index is 9.38. The Labute approximate surface area is 117 Å². The van der Waals surface area contributed by atoms with Gasteiger partial charge in [-0.15, -0.1) is 0 Å². The topological polar surface area (TPSA) is 23.5 Å². The summed E-state index contributed by atoms with van der Waals surface area (Å²) in [6.45, 7) is 5.36. The molecule has 1 aliphatic carbocycles. The van der Waals surface area contributed by atoms with Crippen molar-refractivity contribution in [3.05, 3.63) is 34.9 Å². The number of hydrogen-bond acceptors (Lipinski definition) is 2. The molecule has 0 atom stereocenters. The minimum atomic E-state index is -0.131. The van der Waals surface area contributed by atoms with Crippen molar-refractivity contribution in [2.45, 2.75) is 51.5 Å². The SMILES string of the molecule is CN(CCc1ccc2c(c1)CCCC2)C(C)(C)CO. The third kappa shape index (κ3) is 3.58. The highest BCUT2D eigenvalue weighted by molar-refractivity contribution is 5.34. The second kappa shape index (κ2) is 6.06. The zero-order valence-electron chi connectivity index (χ0n) is 12.6. The van der Waals surface area contributed by atoms with Crippen molar-refractivity contribution in [1.29, 1.82) is 0 Å². The van der Waals surface area contributed by atoms with Gasteiger partial charge in [-0.1, -0.05) is 18.2 Å². The van der Waals surface area contributed by atoms with Crippen LogP contribution < -0.4 is 0 Å². The van der Waals surface area contributed by atoms with E-state index in [1.165, 1.54) is 31.2 Å². The van der Waals surface area contributed by atoms with E-state index in [4.69, 9.17) is 0 Å². The van der Waals surface area contributed by atoms with E-state index in [1.54, 1.807) is 11.1 Å². The molecule has 19 heavy (non-hydrogen) atoms. The van der Waals surface area contributed by atoms with Crippen LogP contribution in [-0.4, -0.2) is 35.7 Å². The number of hydrogen-bond donors (Lipinski definition) is 1. The first-order valence-electron chi connectivity index (χ1n) is 7.46. The molecule has 1 N–H and O–H groups in total. The maximum atomic E-state index is 9.38. The van der Waals surface area contributed by atoms with Crippen molar-refractivity contribution in [3.8, 4) is 0 Å². The molecule has 2 rings (SSSR count). The van der Waals surface area contributed by atoms with Gasteiger partial charge in [-0.2, -0.15) is 0 Å². The molecular formula is C17H27NO. The molecule has 0 aliphatic heterocycles. The van der Waals surface area contributed by atoms with Gasteiger partial charge in [0.2, 0.25) is 0 Å². The van der Waals surface area contributed by atoms with Crippen molar-refractivity contribution >= 4 is 0 Å². The van der Waals surface area contributed by atoms with Crippen LogP contribution in [0.4, 0.5) is 0 Å². The Morgan fingerprint density at radius 1 is 1.16 bits per heavy atom. The highest BCUT2D eigenvalue weighted by atomic mass is 16.3. The van der Waals surface area contributed by atoms with Crippen LogP contribution in [0.25, 0.3) is 0 Å². The standard InChI is InChI=1S/C17H27NO/c1-17(2,13-19)18(3)11-10-14-8-9-15-6-4-5-7-16(15)12-14/h8-9,12,19H,4-7,10-11,13H2,1-3H3. The number of fused-ring (bicyclic) bond motifs is 1. The monoisotopic (exact) mass is 261 g/mol. The predicted octanol–water partition coefficient (Wildman–Crippen LogP) is 2.81. The minimum absolute atomic E-state index is 0.131. The second-order valence-corrected chi connectivity index (χ2v) is 6.45. The van der Waals surface area contributed by atoms with E-state index in [-0.39, 0.29) is 12.1 Å². The van der Waals surface area contributed by atoms with Gasteiger partial charge >= 0.3 is 0 Å². The Kier molecular flexibility index (Phi) is 4.64. The average molecular weight is 261 g/mol. The Hall–Kier alpha value is -0.860. The Balaban J connectivity index is 1.96. The lowest BCUT2D eigenvalue weighted by atomic mass is 9.90. The first-order valence-corrected chi connectivity index (χ1v) is 7.46. The van der Waals surface area contributed by atoms with E-state index in [1.807, 2.05) is 0 Å². The second-order valence-electron chi connectivity index (χ2n) is 6.45. The van der Waals surface area contributed by atoms with Crippen molar-refractivity contribution in [2.75, 3.05) is 20.2 Å². The zero-order valence-corrected chi connectivity index (χ0v) is 12.6. The summed E-state index contributed by atoms with van der Waals surface area (Å²) in [4.78, 5) is 2.24.